The maximum absolute atomic E-state index is 12.9. The number of anilines is 1. The van der Waals surface area contributed by atoms with E-state index in [0.29, 0.717) is 60.7 Å². The van der Waals surface area contributed by atoms with Gasteiger partial charge in [-0.15, -0.1) is 5.10 Å². The summed E-state index contributed by atoms with van der Waals surface area (Å²) in [4.78, 5) is 36.6. The number of carbonyl (C=O) groups excluding carboxylic acids is 1. The van der Waals surface area contributed by atoms with Gasteiger partial charge >= 0.3 is 0 Å². The Kier molecular flexibility index (Phi) is 6.71. The molecule has 1 aliphatic heterocycles. The topological polar surface area (TPSA) is 110 Å². The van der Waals surface area contributed by atoms with E-state index in [0.717, 1.165) is 17.0 Å². The van der Waals surface area contributed by atoms with Gasteiger partial charge in [-0.3, -0.25) is 14.9 Å². The Labute approximate surface area is 200 Å². The molecule has 0 aliphatic carbocycles. The van der Waals surface area contributed by atoms with E-state index in [9.17, 15) is 14.9 Å². The summed E-state index contributed by atoms with van der Waals surface area (Å²) in [6.45, 7) is 5.96. The molecule has 33 heavy (non-hydrogen) atoms. The zero-order valence-corrected chi connectivity index (χ0v) is 20.2. The number of rotatable bonds is 6. The molecule has 1 aromatic carbocycles. The Morgan fingerprint density at radius 1 is 1.21 bits per heavy atom. The first-order valence-electron chi connectivity index (χ1n) is 10.5. The first kappa shape index (κ1) is 23.2. The molecule has 0 saturated carbocycles. The van der Waals surface area contributed by atoms with E-state index in [4.69, 9.17) is 11.6 Å². The van der Waals surface area contributed by atoms with E-state index in [2.05, 4.69) is 15.1 Å². The zero-order valence-electron chi connectivity index (χ0n) is 18.6. The van der Waals surface area contributed by atoms with Crippen LogP contribution >= 0.6 is 23.4 Å². The number of amides is 1. The second-order valence-corrected chi connectivity index (χ2v) is 9.04. The van der Waals surface area contributed by atoms with Crippen molar-refractivity contribution in [1.82, 2.24) is 24.5 Å². The molecule has 1 aliphatic rings. The lowest BCUT2D eigenvalue weighted by molar-refractivity contribution is -0.384. The Morgan fingerprint density at radius 2 is 1.94 bits per heavy atom. The first-order chi connectivity index (χ1) is 15.8. The SMILES string of the molecule is CSc1nc2nc(C)c(CCC(=O)N3CCN(c4ccc(Cl)cc4[N+](=O)[O-])CC3)c(C)n2n1. The van der Waals surface area contributed by atoms with Crippen LogP contribution in [0.3, 0.4) is 0 Å². The van der Waals surface area contributed by atoms with E-state index < -0.39 is 4.92 Å². The molecule has 4 rings (SSSR count). The van der Waals surface area contributed by atoms with E-state index in [1.165, 1.54) is 17.8 Å². The molecule has 12 heteroatoms. The van der Waals surface area contributed by atoms with Crippen LogP contribution < -0.4 is 4.90 Å². The van der Waals surface area contributed by atoms with Gasteiger partial charge in [0.1, 0.15) is 5.69 Å². The van der Waals surface area contributed by atoms with E-state index in [1.807, 2.05) is 29.9 Å². The Balaban J connectivity index is 1.40. The third kappa shape index (κ3) is 4.74. The minimum Gasteiger partial charge on any atom is -0.362 e. The van der Waals surface area contributed by atoms with Gasteiger partial charge in [0.05, 0.1) is 4.92 Å². The summed E-state index contributed by atoms with van der Waals surface area (Å²) in [5.74, 6) is 0.624. The minimum atomic E-state index is -0.425. The number of hydrogen-bond donors (Lipinski definition) is 0. The Bertz CT molecular complexity index is 1220. The average Bonchev–Trinajstić information content (AvgIpc) is 3.22. The van der Waals surface area contributed by atoms with Crippen molar-refractivity contribution in [2.45, 2.75) is 31.8 Å². The van der Waals surface area contributed by atoms with E-state index in [1.54, 1.807) is 16.6 Å². The molecule has 0 unspecified atom stereocenters. The molecule has 3 aromatic rings. The molecule has 0 atom stereocenters. The van der Waals surface area contributed by atoms with Gasteiger partial charge in [-0.2, -0.15) is 4.98 Å². The number of aryl methyl sites for hydroxylation is 2. The van der Waals surface area contributed by atoms with Crippen LogP contribution in [-0.4, -0.2) is 67.7 Å². The number of aromatic nitrogens is 4. The quantitative estimate of drug-likeness (QED) is 0.294. The molecule has 1 fully saturated rings. The molecule has 0 N–H and O–H groups in total. The maximum Gasteiger partial charge on any atom is 0.294 e. The minimum absolute atomic E-state index is 0.0196. The lowest BCUT2D eigenvalue weighted by Gasteiger charge is -2.36. The summed E-state index contributed by atoms with van der Waals surface area (Å²) in [6.07, 6.45) is 2.85. The van der Waals surface area contributed by atoms with Crippen molar-refractivity contribution in [1.29, 1.82) is 0 Å². The molecule has 174 valence electrons. The summed E-state index contributed by atoms with van der Waals surface area (Å²) < 4.78 is 1.73. The first-order valence-corrected chi connectivity index (χ1v) is 12.1. The van der Waals surface area contributed by atoms with Crippen molar-refractivity contribution in [3.63, 3.8) is 0 Å². The Hall–Kier alpha value is -2.92. The maximum atomic E-state index is 12.9. The predicted octanol–water partition coefficient (Wildman–Crippen LogP) is 3.31. The van der Waals surface area contributed by atoms with E-state index >= 15 is 0 Å². The van der Waals surface area contributed by atoms with Gasteiger partial charge in [-0.05, 0) is 44.2 Å². The lowest BCUT2D eigenvalue weighted by atomic mass is 10.1. The molecule has 1 saturated heterocycles. The lowest BCUT2D eigenvalue weighted by Crippen LogP contribution is -2.49. The van der Waals surface area contributed by atoms with Crippen molar-refractivity contribution in [3.8, 4) is 0 Å². The van der Waals surface area contributed by atoms with Crippen LogP contribution in [0.5, 0.6) is 0 Å². The number of piperazine rings is 1. The zero-order chi connectivity index (χ0) is 23.7. The molecule has 1 amide bonds. The Morgan fingerprint density at radius 3 is 2.61 bits per heavy atom. The fourth-order valence-corrected chi connectivity index (χ4v) is 4.64. The number of nitrogens with zero attached hydrogens (tertiary/aromatic N) is 7. The third-order valence-corrected chi connectivity index (χ3v) is 6.68. The molecule has 2 aromatic heterocycles. The standard InChI is InChI=1S/C21H24ClN7O3S/c1-13-16(14(2)28-20(23-13)24-21(25-28)33-3)5-7-19(30)27-10-8-26(9-11-27)17-6-4-15(22)12-18(17)29(31)32/h4,6,12H,5,7-11H2,1-3H3. The highest BCUT2D eigenvalue weighted by Crippen LogP contribution is 2.31. The van der Waals surface area contributed by atoms with Crippen LogP contribution in [0.2, 0.25) is 5.02 Å². The molecule has 0 bridgehead atoms. The number of thioether (sulfide) groups is 1. The van der Waals surface area contributed by atoms with Crippen LogP contribution in [0.1, 0.15) is 23.4 Å². The number of halogens is 1. The average molecular weight is 490 g/mol. The molecule has 0 spiro atoms. The monoisotopic (exact) mass is 489 g/mol. The normalized spacial score (nSPS) is 14.2. The van der Waals surface area contributed by atoms with Crippen molar-refractivity contribution in [3.05, 3.63) is 50.3 Å². The molecule has 0 radical (unpaired) electrons. The number of nitro benzene ring substituents is 1. The number of fused-ring (bicyclic) bond motifs is 1. The largest absolute Gasteiger partial charge is 0.362 e. The smallest absolute Gasteiger partial charge is 0.294 e. The summed E-state index contributed by atoms with van der Waals surface area (Å²) >= 11 is 7.38. The third-order valence-electron chi connectivity index (χ3n) is 5.91. The molecule has 3 heterocycles. The fraction of sp³-hybridized carbons (Fsp3) is 0.429. The number of hydrogen-bond acceptors (Lipinski definition) is 8. The van der Waals surface area contributed by atoms with Crippen LogP contribution in [-0.2, 0) is 11.2 Å². The van der Waals surface area contributed by atoms with Gasteiger partial charge in [0.2, 0.25) is 11.1 Å². The van der Waals surface area contributed by atoms with Gasteiger partial charge in [-0.1, -0.05) is 23.4 Å². The molecular formula is C21H24ClN7O3S. The highest BCUT2D eigenvalue weighted by Gasteiger charge is 2.26. The fourth-order valence-electron chi connectivity index (χ4n) is 4.14. The van der Waals surface area contributed by atoms with Gasteiger partial charge in [-0.25, -0.2) is 9.50 Å². The van der Waals surface area contributed by atoms with Crippen LogP contribution in [0.15, 0.2) is 23.4 Å². The van der Waals surface area contributed by atoms with Gasteiger partial charge in [0, 0.05) is 55.1 Å². The van der Waals surface area contributed by atoms with Gasteiger partial charge in [0.15, 0.2) is 0 Å². The summed E-state index contributed by atoms with van der Waals surface area (Å²) in [5.41, 5.74) is 3.31. The van der Waals surface area contributed by atoms with Gasteiger partial charge < -0.3 is 9.80 Å². The molecule has 10 nitrogen and oxygen atoms in total. The van der Waals surface area contributed by atoms with Crippen LogP contribution in [0.25, 0.3) is 5.78 Å². The summed E-state index contributed by atoms with van der Waals surface area (Å²) in [5, 5.41) is 16.9. The summed E-state index contributed by atoms with van der Waals surface area (Å²) in [6, 6.07) is 4.68. The van der Waals surface area contributed by atoms with Crippen molar-refractivity contribution in [2.24, 2.45) is 0 Å². The van der Waals surface area contributed by atoms with Crippen molar-refractivity contribution < 1.29 is 9.72 Å². The van der Waals surface area contributed by atoms with Crippen molar-refractivity contribution >= 4 is 46.4 Å². The second-order valence-electron chi connectivity index (χ2n) is 7.83. The highest BCUT2D eigenvalue weighted by atomic mass is 35.5. The number of nitro groups is 1. The van der Waals surface area contributed by atoms with Crippen molar-refractivity contribution in [2.75, 3.05) is 37.3 Å². The number of carbonyl (C=O) groups is 1. The summed E-state index contributed by atoms with van der Waals surface area (Å²) in [7, 11) is 0. The number of benzene rings is 1. The van der Waals surface area contributed by atoms with Crippen LogP contribution in [0.4, 0.5) is 11.4 Å². The highest BCUT2D eigenvalue weighted by molar-refractivity contribution is 7.98. The van der Waals surface area contributed by atoms with E-state index in [-0.39, 0.29) is 11.6 Å². The van der Waals surface area contributed by atoms with Crippen LogP contribution in [0, 0.1) is 24.0 Å². The predicted molar refractivity (Wildman–Crippen MR) is 127 cm³/mol. The van der Waals surface area contributed by atoms with Gasteiger partial charge in [0.25, 0.3) is 11.5 Å². The second kappa shape index (κ2) is 9.52. The molecular weight excluding hydrogens is 466 g/mol.